The fourth-order valence-corrected chi connectivity index (χ4v) is 4.46. The molecule has 0 spiro atoms. The highest BCUT2D eigenvalue weighted by molar-refractivity contribution is 8.27. The number of amidine groups is 2. The van der Waals surface area contributed by atoms with Gasteiger partial charge in [0.1, 0.15) is 28.9 Å². The van der Waals surface area contributed by atoms with Gasteiger partial charge >= 0.3 is 5.97 Å². The van der Waals surface area contributed by atoms with Crippen LogP contribution in [0.5, 0.6) is 5.75 Å². The highest BCUT2D eigenvalue weighted by Gasteiger charge is 2.36. The van der Waals surface area contributed by atoms with E-state index in [1.54, 1.807) is 43.3 Å². The third kappa shape index (κ3) is 5.10. The number of aryl methyl sites for hydroxylation is 1. The molecule has 186 valence electrons. The number of fused-ring (bicyclic) bond motifs is 1. The van der Waals surface area contributed by atoms with Crippen molar-refractivity contribution >= 4 is 45.8 Å². The summed E-state index contributed by atoms with van der Waals surface area (Å²) in [6.07, 6.45) is 1.48. The Bertz CT molecular complexity index is 1490. The van der Waals surface area contributed by atoms with Gasteiger partial charge in [0.05, 0.1) is 17.7 Å². The van der Waals surface area contributed by atoms with Gasteiger partial charge in [-0.05, 0) is 67.6 Å². The van der Waals surface area contributed by atoms with Crippen molar-refractivity contribution in [1.29, 1.82) is 5.41 Å². The molecule has 2 aromatic carbocycles. The number of aliphatic imine (C=N–C) groups is 1. The molecule has 0 atom stereocenters. The Morgan fingerprint density at radius 2 is 1.92 bits per heavy atom. The second kappa shape index (κ2) is 10.3. The molecule has 0 fully saturated rings. The molecule has 2 aliphatic rings. The predicted octanol–water partition coefficient (Wildman–Crippen LogP) is 5.13. The lowest BCUT2D eigenvalue weighted by molar-refractivity contribution is -0.114. The minimum absolute atomic E-state index is 0.0627. The molecule has 3 heterocycles. The van der Waals surface area contributed by atoms with Gasteiger partial charge in [0.25, 0.3) is 5.91 Å². The first-order valence-corrected chi connectivity index (χ1v) is 12.3. The molecule has 37 heavy (non-hydrogen) atoms. The molecule has 0 saturated carbocycles. The zero-order chi connectivity index (χ0) is 25.9. The van der Waals surface area contributed by atoms with Gasteiger partial charge in [-0.3, -0.25) is 10.2 Å². The summed E-state index contributed by atoms with van der Waals surface area (Å²) in [5.74, 6) is 0.651. The van der Waals surface area contributed by atoms with Crippen LogP contribution in [-0.2, 0) is 9.53 Å². The van der Waals surface area contributed by atoms with Gasteiger partial charge in [0.15, 0.2) is 5.84 Å². The summed E-state index contributed by atoms with van der Waals surface area (Å²) in [4.78, 5) is 28.7. The fourth-order valence-electron chi connectivity index (χ4n) is 3.66. The average molecular weight is 515 g/mol. The number of carbonyl (C=O) groups excluding carboxylic acids is 2. The Hall–Kier alpha value is -4.44. The number of amides is 1. The van der Waals surface area contributed by atoms with E-state index in [0.717, 1.165) is 16.9 Å². The molecule has 10 heteroatoms. The number of hydrogen-bond donors (Lipinski definition) is 1. The first kappa shape index (κ1) is 24.3. The Kier molecular flexibility index (Phi) is 6.74. The number of rotatable bonds is 7. The maximum absolute atomic E-state index is 12.7. The van der Waals surface area contributed by atoms with Crippen molar-refractivity contribution in [3.05, 3.63) is 83.1 Å². The van der Waals surface area contributed by atoms with Gasteiger partial charge in [0, 0.05) is 5.56 Å². The second-order valence-electron chi connectivity index (χ2n) is 8.07. The summed E-state index contributed by atoms with van der Waals surface area (Å²) in [7, 11) is 0. The fraction of sp³-hybridized carbons (Fsp3) is 0.148. The smallest absolute Gasteiger partial charge is 0.338 e. The SMILES string of the molecule is CCOC(=O)c1ccc(-c2ccc(/C=C3/C(=N)N4N=C(COc5ccccc5C)SC4=NC3=O)o2)cc1. The van der Waals surface area contributed by atoms with E-state index in [9.17, 15) is 9.59 Å². The van der Waals surface area contributed by atoms with Gasteiger partial charge in [-0.1, -0.05) is 30.3 Å². The standard InChI is InChI=1S/C27H22N4O5S/c1-3-34-26(33)18-10-8-17(9-11-18)22-13-12-19(36-22)14-20-24(28)31-27(29-25(20)32)37-23(30-31)15-35-21-7-5-4-6-16(21)2/h4-14,28H,3,15H2,1-2H3/b20-14-,28-24?. The van der Waals surface area contributed by atoms with E-state index >= 15 is 0 Å². The van der Waals surface area contributed by atoms with E-state index in [-0.39, 0.29) is 24.0 Å². The van der Waals surface area contributed by atoms with Crippen molar-refractivity contribution in [2.75, 3.05) is 13.2 Å². The highest BCUT2D eigenvalue weighted by Crippen LogP contribution is 2.30. The highest BCUT2D eigenvalue weighted by atomic mass is 32.2. The van der Waals surface area contributed by atoms with Crippen LogP contribution < -0.4 is 4.74 Å². The molecular weight excluding hydrogens is 492 g/mol. The number of thioether (sulfide) groups is 1. The zero-order valence-electron chi connectivity index (χ0n) is 20.1. The minimum atomic E-state index is -0.545. The predicted molar refractivity (Wildman–Crippen MR) is 142 cm³/mol. The van der Waals surface area contributed by atoms with E-state index in [4.69, 9.17) is 19.3 Å². The molecule has 1 amide bonds. The first-order valence-electron chi connectivity index (χ1n) is 11.5. The molecular formula is C27H22N4O5S. The Balaban J connectivity index is 1.30. The number of nitrogens with one attached hydrogen (secondary N) is 1. The summed E-state index contributed by atoms with van der Waals surface area (Å²) in [6.45, 7) is 4.21. The molecule has 0 unspecified atom stereocenters. The molecule has 0 bridgehead atoms. The molecule has 5 rings (SSSR count). The average Bonchev–Trinajstić information content (AvgIpc) is 3.53. The minimum Gasteiger partial charge on any atom is -0.486 e. The molecule has 0 radical (unpaired) electrons. The van der Waals surface area contributed by atoms with Crippen molar-refractivity contribution in [2.24, 2.45) is 10.1 Å². The lowest BCUT2D eigenvalue weighted by atomic mass is 10.1. The number of nitrogens with zero attached hydrogens (tertiary/aromatic N) is 3. The molecule has 0 aliphatic carbocycles. The van der Waals surface area contributed by atoms with Crippen molar-refractivity contribution in [1.82, 2.24) is 5.01 Å². The van der Waals surface area contributed by atoms with E-state index in [1.807, 2.05) is 31.2 Å². The van der Waals surface area contributed by atoms with Gasteiger partial charge in [-0.2, -0.15) is 15.1 Å². The molecule has 3 aromatic rings. The van der Waals surface area contributed by atoms with Gasteiger partial charge in [-0.15, -0.1) is 0 Å². The van der Waals surface area contributed by atoms with E-state index in [2.05, 4.69) is 10.1 Å². The normalized spacial score (nSPS) is 15.9. The van der Waals surface area contributed by atoms with Gasteiger partial charge in [-0.25, -0.2) is 4.79 Å². The molecule has 2 aliphatic heterocycles. The summed E-state index contributed by atoms with van der Waals surface area (Å²) in [5.41, 5.74) is 2.26. The van der Waals surface area contributed by atoms with Crippen LogP contribution in [0.4, 0.5) is 0 Å². The third-order valence-corrected chi connectivity index (χ3v) is 6.42. The number of para-hydroxylation sites is 1. The summed E-state index contributed by atoms with van der Waals surface area (Å²) < 4.78 is 16.7. The van der Waals surface area contributed by atoms with E-state index < -0.39 is 5.91 Å². The second-order valence-corrected chi connectivity index (χ2v) is 9.11. The van der Waals surface area contributed by atoms with Crippen molar-refractivity contribution in [3.8, 4) is 17.1 Å². The van der Waals surface area contributed by atoms with Crippen LogP contribution in [0.25, 0.3) is 17.4 Å². The number of carbonyl (C=O) groups is 2. The summed E-state index contributed by atoms with van der Waals surface area (Å²) >= 11 is 1.20. The van der Waals surface area contributed by atoms with Gasteiger partial charge in [0.2, 0.25) is 5.17 Å². The molecule has 1 aromatic heterocycles. The maximum atomic E-state index is 12.7. The van der Waals surface area contributed by atoms with Crippen LogP contribution >= 0.6 is 11.8 Å². The van der Waals surface area contributed by atoms with Crippen LogP contribution in [0.1, 0.15) is 28.6 Å². The number of furan rings is 1. The monoisotopic (exact) mass is 514 g/mol. The summed E-state index contributed by atoms with van der Waals surface area (Å²) in [6, 6.07) is 17.9. The van der Waals surface area contributed by atoms with Crippen LogP contribution in [0.2, 0.25) is 0 Å². The van der Waals surface area contributed by atoms with Crippen LogP contribution in [-0.4, -0.2) is 46.1 Å². The molecule has 0 saturated heterocycles. The number of esters is 1. The molecule has 1 N–H and O–H groups in total. The third-order valence-electron chi connectivity index (χ3n) is 5.54. The first-order chi connectivity index (χ1) is 17.9. The Labute approximate surface area is 217 Å². The van der Waals surface area contributed by atoms with E-state index in [0.29, 0.717) is 33.9 Å². The Morgan fingerprint density at radius 3 is 2.68 bits per heavy atom. The zero-order valence-corrected chi connectivity index (χ0v) is 20.9. The lowest BCUT2D eigenvalue weighted by Gasteiger charge is -2.19. The maximum Gasteiger partial charge on any atom is 0.338 e. The van der Waals surface area contributed by atoms with Gasteiger partial charge < -0.3 is 13.9 Å². The molecule has 9 nitrogen and oxygen atoms in total. The van der Waals surface area contributed by atoms with E-state index in [1.165, 1.54) is 22.8 Å². The number of benzene rings is 2. The topological polar surface area (TPSA) is 118 Å². The Morgan fingerprint density at radius 1 is 1.14 bits per heavy atom. The number of ether oxygens (including phenoxy) is 2. The lowest BCUT2D eigenvalue weighted by Crippen LogP contribution is -2.35. The number of hydrazone groups is 1. The quantitative estimate of drug-likeness (QED) is 0.343. The van der Waals surface area contributed by atoms with Crippen LogP contribution in [0, 0.1) is 12.3 Å². The van der Waals surface area contributed by atoms with Crippen molar-refractivity contribution in [3.63, 3.8) is 0 Å². The van der Waals surface area contributed by atoms with Crippen molar-refractivity contribution in [2.45, 2.75) is 13.8 Å². The summed E-state index contributed by atoms with van der Waals surface area (Å²) in [5, 5.41) is 15.2. The largest absolute Gasteiger partial charge is 0.486 e. The van der Waals surface area contributed by atoms with Crippen molar-refractivity contribution < 1.29 is 23.5 Å². The van der Waals surface area contributed by atoms with Crippen LogP contribution in [0.15, 0.2) is 80.7 Å². The number of hydrogen-bond acceptors (Lipinski definition) is 8. The van der Waals surface area contributed by atoms with Crippen LogP contribution in [0.3, 0.4) is 0 Å².